The summed E-state index contributed by atoms with van der Waals surface area (Å²) in [5.74, 6) is 0. The van der Waals surface area contributed by atoms with E-state index in [2.05, 4.69) is 108 Å². The first-order valence-corrected chi connectivity index (χ1v) is 11.5. The second-order valence-corrected chi connectivity index (χ2v) is 8.63. The Kier molecular flexibility index (Phi) is 4.18. The molecule has 7 aromatic rings. The lowest BCUT2D eigenvalue weighted by Crippen LogP contribution is -1.93. The van der Waals surface area contributed by atoms with Crippen LogP contribution in [0.5, 0.6) is 0 Å². The summed E-state index contributed by atoms with van der Waals surface area (Å²) in [7, 11) is 0. The quantitative estimate of drug-likeness (QED) is 0.256. The van der Waals surface area contributed by atoms with Gasteiger partial charge in [-0.25, -0.2) is 0 Å². The van der Waals surface area contributed by atoms with Gasteiger partial charge in [-0.2, -0.15) is 0 Å². The monoisotopic (exact) mass is 432 g/mol. The van der Waals surface area contributed by atoms with Gasteiger partial charge in [0.05, 0.1) is 11.2 Å². The molecule has 0 radical (unpaired) electrons. The van der Waals surface area contributed by atoms with Crippen molar-refractivity contribution in [3.8, 4) is 22.4 Å². The Balaban J connectivity index is 1.66. The van der Waals surface area contributed by atoms with Crippen molar-refractivity contribution in [2.45, 2.75) is 0 Å². The second-order valence-electron chi connectivity index (χ2n) is 8.63. The van der Waals surface area contributed by atoms with Crippen LogP contribution in [0.25, 0.3) is 65.6 Å². The Labute approximate surface area is 197 Å². The van der Waals surface area contributed by atoms with Gasteiger partial charge in [0.15, 0.2) is 0 Å². The highest BCUT2D eigenvalue weighted by molar-refractivity contribution is 6.23. The lowest BCUT2D eigenvalue weighted by molar-refractivity contribution is 1.37. The standard InChI is InChI=1S/C32H20N2/c1-2-10-22-20-34-30(19-21(22)9-1)32-26-14-5-3-12-24(26)31(25-13-4-6-15-27(25)32)28-17-18-33-29-16-8-7-11-23(28)29/h1-20H. The maximum Gasteiger partial charge on any atom is 0.0720 e. The van der Waals surface area contributed by atoms with E-state index in [-0.39, 0.29) is 0 Å². The van der Waals surface area contributed by atoms with Crippen molar-refractivity contribution in [3.63, 3.8) is 0 Å². The molecule has 0 aliphatic heterocycles. The minimum atomic E-state index is 0.997. The van der Waals surface area contributed by atoms with E-state index in [0.717, 1.165) is 22.0 Å². The van der Waals surface area contributed by atoms with Gasteiger partial charge in [-0.15, -0.1) is 0 Å². The Morgan fingerprint density at radius 2 is 1.00 bits per heavy atom. The highest BCUT2D eigenvalue weighted by Gasteiger charge is 2.18. The zero-order valence-electron chi connectivity index (χ0n) is 18.4. The molecule has 34 heavy (non-hydrogen) atoms. The first kappa shape index (κ1) is 19.0. The zero-order chi connectivity index (χ0) is 22.5. The molecule has 7 rings (SSSR count). The molecule has 0 atom stereocenters. The molecule has 0 aliphatic rings. The van der Waals surface area contributed by atoms with Gasteiger partial charge in [-0.1, -0.05) is 91.0 Å². The fourth-order valence-corrected chi connectivity index (χ4v) is 5.23. The summed E-state index contributed by atoms with van der Waals surface area (Å²) in [6.45, 7) is 0. The van der Waals surface area contributed by atoms with E-state index in [1.54, 1.807) is 0 Å². The molecule has 2 heteroatoms. The summed E-state index contributed by atoms with van der Waals surface area (Å²) in [5.41, 5.74) is 5.63. The molecule has 0 spiro atoms. The van der Waals surface area contributed by atoms with Crippen LogP contribution in [-0.2, 0) is 0 Å². The predicted molar refractivity (Wildman–Crippen MR) is 143 cm³/mol. The van der Waals surface area contributed by atoms with Gasteiger partial charge >= 0.3 is 0 Å². The average Bonchev–Trinajstić information content (AvgIpc) is 2.91. The number of pyridine rings is 2. The summed E-state index contributed by atoms with van der Waals surface area (Å²) < 4.78 is 0. The fourth-order valence-electron chi connectivity index (χ4n) is 5.23. The van der Waals surface area contributed by atoms with Gasteiger partial charge in [-0.05, 0) is 56.3 Å². The smallest absolute Gasteiger partial charge is 0.0720 e. The van der Waals surface area contributed by atoms with Crippen molar-refractivity contribution < 1.29 is 0 Å². The van der Waals surface area contributed by atoms with Crippen LogP contribution in [-0.4, -0.2) is 9.97 Å². The van der Waals surface area contributed by atoms with E-state index in [1.807, 2.05) is 18.5 Å². The molecule has 0 aliphatic carbocycles. The third-order valence-corrected chi connectivity index (χ3v) is 6.74. The van der Waals surface area contributed by atoms with Gasteiger partial charge in [0.2, 0.25) is 0 Å². The zero-order valence-corrected chi connectivity index (χ0v) is 18.4. The van der Waals surface area contributed by atoms with Crippen molar-refractivity contribution in [2.24, 2.45) is 0 Å². The number of hydrogen-bond acceptors (Lipinski definition) is 2. The molecule has 0 N–H and O–H groups in total. The first-order chi connectivity index (χ1) is 16.9. The van der Waals surface area contributed by atoms with Crippen molar-refractivity contribution in [3.05, 3.63) is 122 Å². The molecule has 158 valence electrons. The van der Waals surface area contributed by atoms with E-state index in [9.17, 15) is 0 Å². The average molecular weight is 433 g/mol. The van der Waals surface area contributed by atoms with E-state index in [4.69, 9.17) is 4.98 Å². The highest BCUT2D eigenvalue weighted by atomic mass is 14.7. The predicted octanol–water partition coefficient (Wildman–Crippen LogP) is 8.42. The fraction of sp³-hybridized carbons (Fsp3) is 0. The summed E-state index contributed by atoms with van der Waals surface area (Å²) in [4.78, 5) is 9.53. The van der Waals surface area contributed by atoms with Crippen molar-refractivity contribution >= 4 is 43.2 Å². The van der Waals surface area contributed by atoms with Gasteiger partial charge in [0.25, 0.3) is 0 Å². The Morgan fingerprint density at radius 3 is 1.71 bits per heavy atom. The minimum Gasteiger partial charge on any atom is -0.256 e. The van der Waals surface area contributed by atoms with E-state index in [0.29, 0.717) is 0 Å². The molecule has 0 unspecified atom stereocenters. The molecule has 0 fully saturated rings. The number of rotatable bonds is 2. The molecule has 2 heterocycles. The van der Waals surface area contributed by atoms with E-state index < -0.39 is 0 Å². The Morgan fingerprint density at radius 1 is 0.441 bits per heavy atom. The molecule has 0 amide bonds. The van der Waals surface area contributed by atoms with Crippen LogP contribution < -0.4 is 0 Å². The normalized spacial score (nSPS) is 11.5. The SMILES string of the molecule is c1ccc2cc(-c3c4ccccc4c(-c4ccnc5ccccc45)c4ccccc34)ncc2c1. The number of hydrogen-bond donors (Lipinski definition) is 0. The van der Waals surface area contributed by atoms with Gasteiger partial charge in [-0.3, -0.25) is 9.97 Å². The minimum absolute atomic E-state index is 0.997. The Bertz CT molecular complexity index is 1810. The number of nitrogens with zero attached hydrogens (tertiary/aromatic N) is 2. The van der Waals surface area contributed by atoms with Gasteiger partial charge in [0, 0.05) is 28.7 Å². The lowest BCUT2D eigenvalue weighted by atomic mass is 9.86. The lowest BCUT2D eigenvalue weighted by Gasteiger charge is -2.18. The maximum absolute atomic E-state index is 4.92. The van der Waals surface area contributed by atoms with Crippen LogP contribution in [0.2, 0.25) is 0 Å². The second kappa shape index (κ2) is 7.50. The molecular weight excluding hydrogens is 412 g/mol. The number of benzene rings is 5. The van der Waals surface area contributed by atoms with Crippen LogP contribution in [0.15, 0.2) is 122 Å². The van der Waals surface area contributed by atoms with E-state index >= 15 is 0 Å². The number of aromatic nitrogens is 2. The van der Waals surface area contributed by atoms with Crippen LogP contribution in [0.3, 0.4) is 0 Å². The molecule has 2 nitrogen and oxygen atoms in total. The van der Waals surface area contributed by atoms with Crippen molar-refractivity contribution in [1.82, 2.24) is 9.97 Å². The summed E-state index contributed by atoms with van der Waals surface area (Å²) in [6.07, 6.45) is 3.90. The highest BCUT2D eigenvalue weighted by Crippen LogP contribution is 2.44. The van der Waals surface area contributed by atoms with Gasteiger partial charge in [0.1, 0.15) is 0 Å². The molecule has 0 saturated heterocycles. The molecule has 0 saturated carbocycles. The van der Waals surface area contributed by atoms with Crippen LogP contribution in [0.1, 0.15) is 0 Å². The Hall–Kier alpha value is -4.56. The summed E-state index contributed by atoms with van der Waals surface area (Å²) >= 11 is 0. The third-order valence-electron chi connectivity index (χ3n) is 6.74. The van der Waals surface area contributed by atoms with E-state index in [1.165, 1.54) is 43.6 Å². The van der Waals surface area contributed by atoms with Crippen LogP contribution >= 0.6 is 0 Å². The largest absolute Gasteiger partial charge is 0.256 e. The molecule has 2 aromatic heterocycles. The maximum atomic E-state index is 4.92. The van der Waals surface area contributed by atoms with Crippen molar-refractivity contribution in [2.75, 3.05) is 0 Å². The summed E-state index contributed by atoms with van der Waals surface area (Å²) in [5, 5.41) is 8.38. The van der Waals surface area contributed by atoms with Crippen molar-refractivity contribution in [1.29, 1.82) is 0 Å². The summed E-state index contributed by atoms with van der Waals surface area (Å²) in [6, 6.07) is 38.6. The number of para-hydroxylation sites is 1. The topological polar surface area (TPSA) is 25.8 Å². The molecule has 0 bridgehead atoms. The first-order valence-electron chi connectivity index (χ1n) is 11.5. The van der Waals surface area contributed by atoms with Crippen LogP contribution in [0, 0.1) is 0 Å². The van der Waals surface area contributed by atoms with Gasteiger partial charge < -0.3 is 0 Å². The third kappa shape index (κ3) is 2.82. The van der Waals surface area contributed by atoms with Crippen LogP contribution in [0.4, 0.5) is 0 Å². The number of fused-ring (bicyclic) bond motifs is 4. The molecule has 5 aromatic carbocycles. The molecular formula is C32H20N2.